The van der Waals surface area contributed by atoms with E-state index >= 15 is 0 Å². The number of pyridine rings is 1. The predicted octanol–water partition coefficient (Wildman–Crippen LogP) is 1.18. The molecule has 0 saturated heterocycles. The van der Waals surface area contributed by atoms with Crippen LogP contribution in [0.5, 0.6) is 0 Å². The molecule has 0 amide bonds. The molecule has 5 nitrogen and oxygen atoms in total. The maximum atomic E-state index is 12.4. The highest BCUT2D eigenvalue weighted by molar-refractivity contribution is 7.89. The summed E-state index contributed by atoms with van der Waals surface area (Å²) in [7, 11) is -3.61. The largest absolute Gasteiger partial charge is 0.388 e. The molecule has 0 aromatic carbocycles. The van der Waals surface area contributed by atoms with Crippen molar-refractivity contribution in [2.75, 3.05) is 6.54 Å². The Morgan fingerprint density at radius 3 is 2.75 bits per heavy atom. The Morgan fingerprint density at radius 2 is 2.20 bits per heavy atom. The quantitative estimate of drug-likeness (QED) is 0.771. The highest BCUT2D eigenvalue weighted by atomic mass is 32.2. The van der Waals surface area contributed by atoms with Crippen molar-refractivity contribution in [2.24, 2.45) is 17.1 Å². The summed E-state index contributed by atoms with van der Waals surface area (Å²) in [5, 5.41) is 0. The fraction of sp³-hybridized carbons (Fsp3) is 0.538. The van der Waals surface area contributed by atoms with Gasteiger partial charge >= 0.3 is 0 Å². The summed E-state index contributed by atoms with van der Waals surface area (Å²) in [6, 6.07) is 3.06. The molecule has 1 aromatic heterocycles. The molecule has 2 saturated carbocycles. The van der Waals surface area contributed by atoms with E-state index in [1.165, 1.54) is 25.1 Å². The average Bonchev–Trinajstić information content (AvgIpc) is 3.28. The molecule has 0 atom stereocenters. The molecule has 2 aliphatic rings. The highest BCUT2D eigenvalue weighted by Crippen LogP contribution is 2.60. The van der Waals surface area contributed by atoms with Gasteiger partial charge in [0.2, 0.25) is 10.0 Å². The highest BCUT2D eigenvalue weighted by Gasteiger charge is 2.53. The van der Waals surface area contributed by atoms with E-state index in [2.05, 4.69) is 9.71 Å². The summed E-state index contributed by atoms with van der Waals surface area (Å²) in [4.78, 5) is 4.03. The number of sulfonamides is 1. The summed E-state index contributed by atoms with van der Waals surface area (Å²) in [5.41, 5.74) is 5.91. The molecule has 0 spiro atoms. The molecule has 20 heavy (non-hydrogen) atoms. The fourth-order valence-electron chi connectivity index (χ4n) is 2.69. The first kappa shape index (κ1) is 13.9. The maximum Gasteiger partial charge on any atom is 0.242 e. The van der Waals surface area contributed by atoms with Gasteiger partial charge in [-0.2, -0.15) is 0 Å². The Labute approximate surface area is 124 Å². The summed E-state index contributed by atoms with van der Waals surface area (Å²) in [6.07, 6.45) is 6.18. The molecular formula is C13H17N3O2S2. The first-order valence-electron chi connectivity index (χ1n) is 6.69. The molecule has 3 rings (SSSR count). The van der Waals surface area contributed by atoms with Crippen LogP contribution >= 0.6 is 12.2 Å². The van der Waals surface area contributed by atoms with Gasteiger partial charge in [-0.1, -0.05) is 12.2 Å². The Morgan fingerprint density at radius 1 is 1.50 bits per heavy atom. The second-order valence-corrected chi connectivity index (χ2v) is 7.85. The zero-order valence-corrected chi connectivity index (χ0v) is 12.6. The van der Waals surface area contributed by atoms with Crippen molar-refractivity contribution in [1.29, 1.82) is 0 Å². The van der Waals surface area contributed by atoms with Gasteiger partial charge < -0.3 is 5.73 Å². The topological polar surface area (TPSA) is 85.1 Å². The second kappa shape index (κ2) is 4.75. The van der Waals surface area contributed by atoms with E-state index in [4.69, 9.17) is 18.0 Å². The van der Waals surface area contributed by atoms with E-state index in [0.717, 1.165) is 12.8 Å². The monoisotopic (exact) mass is 311 g/mol. The molecule has 7 heteroatoms. The van der Waals surface area contributed by atoms with E-state index in [9.17, 15) is 8.42 Å². The molecule has 108 valence electrons. The number of nitrogens with one attached hydrogen (secondary N) is 1. The van der Waals surface area contributed by atoms with Crippen molar-refractivity contribution < 1.29 is 8.42 Å². The van der Waals surface area contributed by atoms with Gasteiger partial charge in [0.15, 0.2) is 0 Å². The zero-order valence-electron chi connectivity index (χ0n) is 11.0. The van der Waals surface area contributed by atoms with Crippen LogP contribution in [0.1, 0.15) is 31.4 Å². The van der Waals surface area contributed by atoms with Gasteiger partial charge in [0, 0.05) is 12.7 Å². The van der Waals surface area contributed by atoms with Gasteiger partial charge in [-0.25, -0.2) is 13.1 Å². The van der Waals surface area contributed by atoms with Gasteiger partial charge in [0.25, 0.3) is 0 Å². The third kappa shape index (κ3) is 2.57. The number of thiocarbonyl (C=S) groups is 1. The van der Waals surface area contributed by atoms with E-state index in [-0.39, 0.29) is 21.0 Å². The van der Waals surface area contributed by atoms with Crippen LogP contribution in [0.4, 0.5) is 0 Å². The Balaban J connectivity index is 1.80. The molecular weight excluding hydrogens is 294 g/mol. The van der Waals surface area contributed by atoms with E-state index in [1.807, 2.05) is 0 Å². The fourth-order valence-corrected chi connectivity index (χ4v) is 4.23. The number of aromatic nitrogens is 1. The molecule has 2 fully saturated rings. The van der Waals surface area contributed by atoms with Crippen LogP contribution in [0.2, 0.25) is 0 Å². The van der Waals surface area contributed by atoms with Crippen molar-refractivity contribution in [1.82, 2.24) is 9.71 Å². The zero-order chi connectivity index (χ0) is 14.4. The molecule has 1 aromatic rings. The number of nitrogens with two attached hydrogens (primary N) is 1. The third-order valence-corrected chi connectivity index (χ3v) is 5.87. The summed E-state index contributed by atoms with van der Waals surface area (Å²) in [6.45, 7) is 0.506. The van der Waals surface area contributed by atoms with E-state index in [0.29, 0.717) is 12.5 Å². The molecule has 3 N–H and O–H groups in total. The van der Waals surface area contributed by atoms with Gasteiger partial charge in [0.05, 0.1) is 0 Å². The minimum atomic E-state index is -3.61. The van der Waals surface area contributed by atoms with Gasteiger partial charge in [0.1, 0.15) is 15.6 Å². The third-order valence-electron chi connectivity index (χ3n) is 4.24. The number of rotatable bonds is 6. The lowest BCUT2D eigenvalue weighted by atomic mass is 10.0. The van der Waals surface area contributed by atoms with Crippen molar-refractivity contribution in [2.45, 2.75) is 30.6 Å². The SMILES string of the molecule is NC(=S)c1ncccc1S(=O)(=O)NCC1(C2CC2)CC1. The van der Waals surface area contributed by atoms with Gasteiger partial charge in [-0.15, -0.1) is 0 Å². The van der Waals surface area contributed by atoms with Crippen LogP contribution in [-0.4, -0.2) is 24.9 Å². The van der Waals surface area contributed by atoms with Crippen molar-refractivity contribution in [3.63, 3.8) is 0 Å². The summed E-state index contributed by atoms with van der Waals surface area (Å²) >= 11 is 4.86. The van der Waals surface area contributed by atoms with Crippen molar-refractivity contribution >= 4 is 27.2 Å². The van der Waals surface area contributed by atoms with Crippen LogP contribution in [0.15, 0.2) is 23.2 Å². The Hall–Kier alpha value is -1.05. The van der Waals surface area contributed by atoms with Crippen LogP contribution in [0.3, 0.4) is 0 Å². The minimum Gasteiger partial charge on any atom is -0.388 e. The van der Waals surface area contributed by atoms with Crippen molar-refractivity contribution in [3.05, 3.63) is 24.0 Å². The normalized spacial score (nSPS) is 20.6. The number of hydrogen-bond donors (Lipinski definition) is 2. The summed E-state index contributed by atoms with van der Waals surface area (Å²) in [5.74, 6) is 0.703. The first-order valence-corrected chi connectivity index (χ1v) is 8.58. The van der Waals surface area contributed by atoms with Gasteiger partial charge in [-0.3, -0.25) is 4.98 Å². The number of hydrogen-bond acceptors (Lipinski definition) is 4. The standard InChI is InChI=1S/C13H17N3O2S2/c14-12(19)11-10(2-1-7-15-11)20(17,18)16-8-13(5-6-13)9-3-4-9/h1-2,7,9,16H,3-6,8H2,(H2,14,19). The summed E-state index contributed by atoms with van der Waals surface area (Å²) < 4.78 is 27.5. The van der Waals surface area contributed by atoms with Gasteiger partial charge in [-0.05, 0) is 49.1 Å². The smallest absolute Gasteiger partial charge is 0.242 e. The first-order chi connectivity index (χ1) is 9.45. The van der Waals surface area contributed by atoms with Crippen LogP contribution in [-0.2, 0) is 10.0 Å². The average molecular weight is 311 g/mol. The van der Waals surface area contributed by atoms with Crippen molar-refractivity contribution in [3.8, 4) is 0 Å². The Bertz CT molecular complexity index is 649. The second-order valence-electron chi connectivity index (χ2n) is 5.68. The molecule has 0 aliphatic heterocycles. The van der Waals surface area contributed by atoms with Crippen LogP contribution in [0.25, 0.3) is 0 Å². The molecule has 1 heterocycles. The minimum absolute atomic E-state index is 0.00527. The molecule has 0 radical (unpaired) electrons. The maximum absolute atomic E-state index is 12.4. The lowest BCUT2D eigenvalue weighted by Crippen LogP contribution is -2.32. The lowest BCUT2D eigenvalue weighted by Gasteiger charge is -2.16. The molecule has 2 aliphatic carbocycles. The Kier molecular flexibility index (Phi) is 3.30. The lowest BCUT2D eigenvalue weighted by molar-refractivity contribution is 0.432. The molecule has 0 bridgehead atoms. The van der Waals surface area contributed by atoms with E-state index < -0.39 is 10.0 Å². The van der Waals surface area contributed by atoms with E-state index in [1.54, 1.807) is 6.07 Å². The van der Waals surface area contributed by atoms with Crippen LogP contribution < -0.4 is 10.5 Å². The number of nitrogens with zero attached hydrogens (tertiary/aromatic N) is 1. The molecule has 0 unspecified atom stereocenters. The predicted molar refractivity (Wildman–Crippen MR) is 79.7 cm³/mol. The van der Waals surface area contributed by atoms with Crippen LogP contribution in [0, 0.1) is 11.3 Å².